The molecule has 1 saturated heterocycles. The molecule has 1 fully saturated rings. The van der Waals surface area contributed by atoms with Crippen molar-refractivity contribution < 1.29 is 14.5 Å². The van der Waals surface area contributed by atoms with Gasteiger partial charge in [-0.1, -0.05) is 12.1 Å². The summed E-state index contributed by atoms with van der Waals surface area (Å²) in [6, 6.07) is 5.41. The van der Waals surface area contributed by atoms with Crippen LogP contribution in [0.25, 0.3) is 0 Å². The van der Waals surface area contributed by atoms with E-state index in [1.807, 2.05) is 0 Å². The van der Waals surface area contributed by atoms with Crippen LogP contribution in [0.15, 0.2) is 24.3 Å². The summed E-state index contributed by atoms with van der Waals surface area (Å²) in [6.45, 7) is 2.55. The molecule has 9 heteroatoms. The maximum absolute atomic E-state index is 11.6. The molecule has 1 aliphatic heterocycles. The van der Waals surface area contributed by atoms with Crippen LogP contribution in [0.3, 0.4) is 0 Å². The van der Waals surface area contributed by atoms with Crippen LogP contribution in [0.1, 0.15) is 5.56 Å². The molecule has 0 atom stereocenters. The molecule has 9 nitrogen and oxygen atoms in total. The smallest absolute Gasteiger partial charge is 0.315 e. The average molecular weight is 321 g/mol. The lowest BCUT2D eigenvalue weighted by Crippen LogP contribution is -2.49. The van der Waals surface area contributed by atoms with Crippen LogP contribution in [-0.2, 0) is 11.3 Å². The second-order valence-electron chi connectivity index (χ2n) is 5.29. The van der Waals surface area contributed by atoms with Crippen LogP contribution < -0.4 is 21.3 Å². The summed E-state index contributed by atoms with van der Waals surface area (Å²) in [5, 5.41) is 21.4. The van der Waals surface area contributed by atoms with Crippen molar-refractivity contribution in [2.24, 2.45) is 5.92 Å². The second-order valence-corrected chi connectivity index (χ2v) is 5.29. The number of amides is 3. The number of nitrogens with one attached hydrogen (secondary N) is 4. The Kier molecular flexibility index (Phi) is 5.87. The van der Waals surface area contributed by atoms with Crippen LogP contribution in [0.2, 0.25) is 0 Å². The zero-order valence-electron chi connectivity index (χ0n) is 12.5. The zero-order chi connectivity index (χ0) is 16.7. The number of nitro groups is 1. The molecular weight excluding hydrogens is 302 g/mol. The minimum absolute atomic E-state index is 0.00321. The van der Waals surface area contributed by atoms with Crippen molar-refractivity contribution in [2.75, 3.05) is 26.2 Å². The lowest BCUT2D eigenvalue weighted by molar-refractivity contribution is -0.384. The summed E-state index contributed by atoms with van der Waals surface area (Å²) in [7, 11) is 0. The van der Waals surface area contributed by atoms with Gasteiger partial charge >= 0.3 is 6.03 Å². The van der Waals surface area contributed by atoms with E-state index in [1.54, 1.807) is 12.1 Å². The molecule has 0 radical (unpaired) electrons. The summed E-state index contributed by atoms with van der Waals surface area (Å²) in [5.74, 6) is 0.234. The van der Waals surface area contributed by atoms with E-state index in [0.29, 0.717) is 12.5 Å². The molecule has 3 amide bonds. The van der Waals surface area contributed by atoms with E-state index in [4.69, 9.17) is 0 Å². The van der Waals surface area contributed by atoms with Crippen molar-refractivity contribution in [1.82, 2.24) is 21.3 Å². The van der Waals surface area contributed by atoms with E-state index < -0.39 is 11.0 Å². The minimum atomic E-state index is -0.484. The maximum atomic E-state index is 11.6. The molecule has 1 aromatic carbocycles. The first-order valence-corrected chi connectivity index (χ1v) is 7.27. The molecule has 1 heterocycles. The van der Waals surface area contributed by atoms with Crippen LogP contribution in [0.4, 0.5) is 10.5 Å². The van der Waals surface area contributed by atoms with E-state index in [-0.39, 0.29) is 24.7 Å². The van der Waals surface area contributed by atoms with E-state index in [9.17, 15) is 19.7 Å². The van der Waals surface area contributed by atoms with Crippen molar-refractivity contribution in [3.8, 4) is 0 Å². The molecule has 0 aromatic heterocycles. The molecule has 124 valence electrons. The third kappa shape index (κ3) is 5.55. The molecule has 1 aliphatic rings. The molecule has 0 spiro atoms. The zero-order valence-corrected chi connectivity index (χ0v) is 12.5. The molecule has 23 heavy (non-hydrogen) atoms. The first-order valence-electron chi connectivity index (χ1n) is 7.27. The lowest BCUT2D eigenvalue weighted by atomic mass is 10.0. The van der Waals surface area contributed by atoms with Crippen molar-refractivity contribution in [3.05, 3.63) is 39.9 Å². The molecule has 0 unspecified atom stereocenters. The Labute approximate surface area is 133 Å². The lowest BCUT2D eigenvalue weighted by Gasteiger charge is -2.27. The number of nitro benzene ring substituents is 1. The molecule has 0 saturated carbocycles. The Morgan fingerprint density at radius 1 is 1.17 bits per heavy atom. The average Bonchev–Trinajstić information content (AvgIpc) is 2.49. The first kappa shape index (κ1) is 16.7. The minimum Gasteiger partial charge on any atom is -0.354 e. The van der Waals surface area contributed by atoms with Crippen LogP contribution in [-0.4, -0.2) is 43.0 Å². The van der Waals surface area contributed by atoms with Gasteiger partial charge in [0.15, 0.2) is 0 Å². The number of hydrogen-bond acceptors (Lipinski definition) is 5. The maximum Gasteiger partial charge on any atom is 0.315 e. The van der Waals surface area contributed by atoms with Crippen molar-refractivity contribution in [2.45, 2.75) is 6.54 Å². The van der Waals surface area contributed by atoms with E-state index in [1.165, 1.54) is 12.1 Å². The summed E-state index contributed by atoms with van der Waals surface area (Å²) in [4.78, 5) is 33.2. The van der Waals surface area contributed by atoms with Crippen LogP contribution in [0, 0.1) is 16.0 Å². The summed E-state index contributed by atoms with van der Waals surface area (Å²) >= 11 is 0. The molecule has 1 aromatic rings. The largest absolute Gasteiger partial charge is 0.354 e. The van der Waals surface area contributed by atoms with Gasteiger partial charge in [0.1, 0.15) is 0 Å². The fourth-order valence-corrected chi connectivity index (χ4v) is 1.95. The third-order valence-corrected chi connectivity index (χ3v) is 3.46. The van der Waals surface area contributed by atoms with Gasteiger partial charge in [0.05, 0.1) is 11.5 Å². The number of benzene rings is 1. The number of nitrogens with zero attached hydrogens (tertiary/aromatic N) is 1. The molecule has 0 aliphatic carbocycles. The number of rotatable bonds is 7. The van der Waals surface area contributed by atoms with E-state index >= 15 is 0 Å². The van der Waals surface area contributed by atoms with Gasteiger partial charge in [0.2, 0.25) is 5.91 Å². The Morgan fingerprint density at radius 3 is 2.43 bits per heavy atom. The molecular formula is C14H19N5O4. The number of hydrogen-bond donors (Lipinski definition) is 4. The summed E-state index contributed by atoms with van der Waals surface area (Å²) in [5.41, 5.74) is 0.726. The van der Waals surface area contributed by atoms with Gasteiger partial charge in [-0.2, -0.15) is 0 Å². The monoisotopic (exact) mass is 321 g/mol. The fraction of sp³-hybridized carbons (Fsp3) is 0.429. The Balaban J connectivity index is 1.62. The van der Waals surface area contributed by atoms with Crippen LogP contribution in [0.5, 0.6) is 0 Å². The Hall–Kier alpha value is -2.68. The SMILES string of the molecule is O=C(CNC(=O)NCc1ccc([N+](=O)[O-])cc1)NCC1CNC1. The third-order valence-electron chi connectivity index (χ3n) is 3.46. The highest BCUT2D eigenvalue weighted by molar-refractivity contribution is 5.83. The second kappa shape index (κ2) is 8.08. The predicted molar refractivity (Wildman–Crippen MR) is 82.7 cm³/mol. The van der Waals surface area contributed by atoms with Gasteiger partial charge in [-0.25, -0.2) is 4.79 Å². The highest BCUT2D eigenvalue weighted by Crippen LogP contribution is 2.11. The van der Waals surface area contributed by atoms with Crippen molar-refractivity contribution >= 4 is 17.6 Å². The van der Waals surface area contributed by atoms with Gasteiger partial charge in [-0.15, -0.1) is 0 Å². The standard InChI is InChI=1S/C14H19N5O4/c20-13(16-8-11-5-15-6-11)9-18-14(21)17-7-10-1-3-12(4-2-10)19(22)23/h1-4,11,15H,5-9H2,(H,16,20)(H2,17,18,21). The Morgan fingerprint density at radius 2 is 1.87 bits per heavy atom. The fourth-order valence-electron chi connectivity index (χ4n) is 1.95. The molecule has 4 N–H and O–H groups in total. The molecule has 0 bridgehead atoms. The van der Waals surface area contributed by atoms with Crippen LogP contribution >= 0.6 is 0 Å². The normalized spacial score (nSPS) is 13.7. The number of carbonyl (C=O) groups is 2. The van der Waals surface area contributed by atoms with Crippen molar-refractivity contribution in [3.63, 3.8) is 0 Å². The number of non-ortho nitro benzene ring substituents is 1. The van der Waals surface area contributed by atoms with Gasteiger partial charge in [-0.05, 0) is 5.56 Å². The van der Waals surface area contributed by atoms with E-state index in [0.717, 1.165) is 18.7 Å². The highest BCUT2D eigenvalue weighted by atomic mass is 16.6. The topological polar surface area (TPSA) is 125 Å². The van der Waals surface area contributed by atoms with Gasteiger partial charge in [0.25, 0.3) is 5.69 Å². The quantitative estimate of drug-likeness (QED) is 0.406. The van der Waals surface area contributed by atoms with Crippen molar-refractivity contribution in [1.29, 1.82) is 0 Å². The highest BCUT2D eigenvalue weighted by Gasteiger charge is 2.17. The summed E-state index contributed by atoms with van der Waals surface area (Å²) < 4.78 is 0. The van der Waals surface area contributed by atoms with Gasteiger partial charge < -0.3 is 21.3 Å². The Bertz CT molecular complexity index is 571. The van der Waals surface area contributed by atoms with E-state index in [2.05, 4.69) is 21.3 Å². The number of carbonyl (C=O) groups excluding carboxylic acids is 2. The van der Waals surface area contributed by atoms with Gasteiger partial charge in [-0.3, -0.25) is 14.9 Å². The molecule has 2 rings (SSSR count). The van der Waals surface area contributed by atoms with Gasteiger partial charge in [0, 0.05) is 44.2 Å². The summed E-state index contributed by atoms with van der Waals surface area (Å²) in [6.07, 6.45) is 0. The predicted octanol–water partition coefficient (Wildman–Crippen LogP) is -0.270. The number of urea groups is 1. The first-order chi connectivity index (χ1) is 11.0.